The molecule has 0 aromatic heterocycles. The molecule has 5 heteroatoms. The van der Waals surface area contributed by atoms with Crippen LogP contribution in [0.25, 0.3) is 0 Å². The number of unbranched alkanes of at least 4 members (excludes halogenated alkanes) is 1. The van der Waals surface area contributed by atoms with Gasteiger partial charge >= 0.3 is 0 Å². The second kappa shape index (κ2) is 5.68. The standard InChI is InChI=1S/C9H20N2O2S/c10-14(12,13)9-5-4-8-11-6-2-1-3-7-11/h1-9H2,(H2,10,12,13). The van der Waals surface area contributed by atoms with Gasteiger partial charge in [-0.2, -0.15) is 0 Å². The quantitative estimate of drug-likeness (QED) is 0.688. The molecule has 0 radical (unpaired) electrons. The van der Waals surface area contributed by atoms with E-state index in [0.717, 1.165) is 13.0 Å². The highest BCUT2D eigenvalue weighted by Gasteiger charge is 2.09. The van der Waals surface area contributed by atoms with E-state index in [2.05, 4.69) is 4.90 Å². The molecule has 1 rings (SSSR count). The molecule has 0 spiro atoms. The van der Waals surface area contributed by atoms with E-state index in [0.29, 0.717) is 6.42 Å². The van der Waals surface area contributed by atoms with Gasteiger partial charge in [-0.15, -0.1) is 0 Å². The molecule has 0 atom stereocenters. The molecule has 0 bridgehead atoms. The van der Waals surface area contributed by atoms with Gasteiger partial charge in [0.15, 0.2) is 0 Å². The zero-order valence-electron chi connectivity index (χ0n) is 8.61. The zero-order chi connectivity index (χ0) is 10.4. The van der Waals surface area contributed by atoms with Gasteiger partial charge in [-0.25, -0.2) is 13.6 Å². The Morgan fingerprint density at radius 1 is 1.07 bits per heavy atom. The first-order valence-electron chi connectivity index (χ1n) is 5.31. The Bertz CT molecular complexity index is 246. The van der Waals surface area contributed by atoms with Crippen LogP contribution in [0.3, 0.4) is 0 Å². The molecule has 0 amide bonds. The second-order valence-electron chi connectivity index (χ2n) is 3.98. The van der Waals surface area contributed by atoms with Gasteiger partial charge in [0.05, 0.1) is 5.75 Å². The van der Waals surface area contributed by atoms with Crippen molar-refractivity contribution in [3.63, 3.8) is 0 Å². The third-order valence-corrected chi connectivity index (χ3v) is 3.46. The monoisotopic (exact) mass is 220 g/mol. The van der Waals surface area contributed by atoms with Crippen LogP contribution in [-0.2, 0) is 10.0 Å². The summed E-state index contributed by atoms with van der Waals surface area (Å²) in [5, 5.41) is 4.91. The fourth-order valence-electron chi connectivity index (χ4n) is 1.82. The van der Waals surface area contributed by atoms with Crippen LogP contribution in [0.5, 0.6) is 0 Å². The number of hydrogen-bond acceptors (Lipinski definition) is 3. The number of rotatable bonds is 5. The summed E-state index contributed by atoms with van der Waals surface area (Å²) in [7, 11) is -3.25. The molecular weight excluding hydrogens is 200 g/mol. The Hall–Kier alpha value is -0.130. The summed E-state index contributed by atoms with van der Waals surface area (Å²) >= 11 is 0. The molecule has 84 valence electrons. The molecule has 0 saturated carbocycles. The molecule has 0 aliphatic carbocycles. The Labute approximate surface area is 86.5 Å². The normalized spacial score (nSPS) is 19.8. The first-order chi connectivity index (χ1) is 6.58. The fourth-order valence-corrected chi connectivity index (χ4v) is 2.43. The summed E-state index contributed by atoms with van der Waals surface area (Å²) < 4.78 is 21.3. The highest BCUT2D eigenvalue weighted by Crippen LogP contribution is 2.09. The molecule has 0 aromatic carbocycles. The lowest BCUT2D eigenvalue weighted by atomic mass is 10.1. The van der Waals surface area contributed by atoms with E-state index in [1.165, 1.54) is 32.4 Å². The van der Waals surface area contributed by atoms with Crippen LogP contribution in [0.1, 0.15) is 32.1 Å². The van der Waals surface area contributed by atoms with E-state index in [1.807, 2.05) is 0 Å². The van der Waals surface area contributed by atoms with Gasteiger partial charge in [-0.05, 0) is 45.3 Å². The van der Waals surface area contributed by atoms with Crippen LogP contribution in [0, 0.1) is 0 Å². The molecule has 1 aliphatic heterocycles. The lowest BCUT2D eigenvalue weighted by Gasteiger charge is -2.26. The molecule has 0 unspecified atom stereocenters. The van der Waals surface area contributed by atoms with Crippen molar-refractivity contribution in [3.05, 3.63) is 0 Å². The van der Waals surface area contributed by atoms with Crippen molar-refractivity contribution in [1.82, 2.24) is 4.90 Å². The van der Waals surface area contributed by atoms with Crippen molar-refractivity contribution in [2.45, 2.75) is 32.1 Å². The van der Waals surface area contributed by atoms with Crippen LogP contribution in [0.4, 0.5) is 0 Å². The van der Waals surface area contributed by atoms with Crippen LogP contribution >= 0.6 is 0 Å². The molecule has 1 saturated heterocycles. The number of nitrogens with zero attached hydrogens (tertiary/aromatic N) is 1. The summed E-state index contributed by atoms with van der Waals surface area (Å²) in [6, 6.07) is 0. The van der Waals surface area contributed by atoms with Crippen LogP contribution < -0.4 is 5.14 Å². The van der Waals surface area contributed by atoms with Gasteiger partial charge in [0, 0.05) is 0 Å². The maximum Gasteiger partial charge on any atom is 0.209 e. The van der Waals surface area contributed by atoms with E-state index in [4.69, 9.17) is 5.14 Å². The minimum atomic E-state index is -3.25. The summed E-state index contributed by atoms with van der Waals surface area (Å²) in [6.45, 7) is 3.38. The third-order valence-electron chi connectivity index (χ3n) is 2.60. The Kier molecular flexibility index (Phi) is 4.84. The molecule has 1 heterocycles. The second-order valence-corrected chi connectivity index (χ2v) is 5.71. The average molecular weight is 220 g/mol. The van der Waals surface area contributed by atoms with E-state index in [1.54, 1.807) is 0 Å². The largest absolute Gasteiger partial charge is 0.303 e. The number of hydrogen-bond donors (Lipinski definition) is 1. The minimum Gasteiger partial charge on any atom is -0.303 e. The van der Waals surface area contributed by atoms with Gasteiger partial charge in [0.2, 0.25) is 10.0 Å². The first kappa shape index (κ1) is 11.9. The Balaban J connectivity index is 2.03. The van der Waals surface area contributed by atoms with Crippen molar-refractivity contribution in [1.29, 1.82) is 0 Å². The van der Waals surface area contributed by atoms with Crippen molar-refractivity contribution in [2.75, 3.05) is 25.4 Å². The molecule has 4 nitrogen and oxygen atoms in total. The summed E-state index contributed by atoms with van der Waals surface area (Å²) in [5.74, 6) is 0.126. The smallest absolute Gasteiger partial charge is 0.209 e. The topological polar surface area (TPSA) is 63.4 Å². The van der Waals surface area contributed by atoms with Crippen molar-refractivity contribution >= 4 is 10.0 Å². The number of sulfonamides is 1. The van der Waals surface area contributed by atoms with E-state index >= 15 is 0 Å². The maximum atomic E-state index is 10.6. The predicted molar refractivity (Wildman–Crippen MR) is 57.5 cm³/mol. The van der Waals surface area contributed by atoms with Gasteiger partial charge in [0.25, 0.3) is 0 Å². The number of primary sulfonamides is 1. The maximum absolute atomic E-state index is 10.6. The fraction of sp³-hybridized carbons (Fsp3) is 1.00. The molecule has 1 fully saturated rings. The lowest BCUT2D eigenvalue weighted by molar-refractivity contribution is 0.226. The Morgan fingerprint density at radius 3 is 2.29 bits per heavy atom. The Morgan fingerprint density at radius 2 is 1.71 bits per heavy atom. The predicted octanol–water partition coefficient (Wildman–Crippen LogP) is 0.541. The summed E-state index contributed by atoms with van der Waals surface area (Å²) in [5.41, 5.74) is 0. The van der Waals surface area contributed by atoms with Gasteiger partial charge in [-0.1, -0.05) is 6.42 Å². The highest BCUT2D eigenvalue weighted by atomic mass is 32.2. The SMILES string of the molecule is NS(=O)(=O)CCCCN1CCCCC1. The van der Waals surface area contributed by atoms with Gasteiger partial charge in [0.1, 0.15) is 0 Å². The van der Waals surface area contributed by atoms with Crippen LogP contribution in [-0.4, -0.2) is 38.7 Å². The number of likely N-dealkylation sites (tertiary alicyclic amines) is 1. The first-order valence-corrected chi connectivity index (χ1v) is 7.02. The van der Waals surface area contributed by atoms with Gasteiger partial charge in [-0.3, -0.25) is 0 Å². The van der Waals surface area contributed by atoms with E-state index in [-0.39, 0.29) is 5.75 Å². The zero-order valence-corrected chi connectivity index (χ0v) is 9.43. The average Bonchev–Trinajstić information content (AvgIpc) is 2.13. The van der Waals surface area contributed by atoms with E-state index in [9.17, 15) is 8.42 Å². The van der Waals surface area contributed by atoms with Crippen LogP contribution in [0.2, 0.25) is 0 Å². The minimum absolute atomic E-state index is 0.126. The van der Waals surface area contributed by atoms with Crippen molar-refractivity contribution in [2.24, 2.45) is 5.14 Å². The number of nitrogens with two attached hydrogens (primary N) is 1. The molecule has 2 N–H and O–H groups in total. The molecule has 1 aliphatic rings. The summed E-state index contributed by atoms with van der Waals surface area (Å²) in [6.07, 6.45) is 5.55. The van der Waals surface area contributed by atoms with Gasteiger partial charge < -0.3 is 4.90 Å². The highest BCUT2D eigenvalue weighted by molar-refractivity contribution is 7.89. The summed E-state index contributed by atoms with van der Waals surface area (Å²) in [4.78, 5) is 2.41. The van der Waals surface area contributed by atoms with Crippen molar-refractivity contribution < 1.29 is 8.42 Å². The van der Waals surface area contributed by atoms with Crippen molar-refractivity contribution in [3.8, 4) is 0 Å². The lowest BCUT2D eigenvalue weighted by Crippen LogP contribution is -2.30. The third kappa shape index (κ3) is 5.57. The molecule has 0 aromatic rings. The number of piperidine rings is 1. The molecular formula is C9H20N2O2S. The van der Waals surface area contributed by atoms with Crippen LogP contribution in [0.15, 0.2) is 0 Å². The molecule has 14 heavy (non-hydrogen) atoms. The van der Waals surface area contributed by atoms with E-state index < -0.39 is 10.0 Å².